The number of carbonyl (C=O) groups excluding carboxylic acids is 1. The van der Waals surface area contributed by atoms with Crippen molar-refractivity contribution in [2.24, 2.45) is 5.92 Å². The Morgan fingerprint density at radius 1 is 1.24 bits per heavy atom. The molecule has 17 heavy (non-hydrogen) atoms. The van der Waals surface area contributed by atoms with E-state index in [0.29, 0.717) is 5.91 Å². The monoisotopic (exact) mass is 239 g/mol. The molecular weight excluding hydrogens is 212 g/mol. The van der Waals surface area contributed by atoms with Crippen LogP contribution in [0.4, 0.5) is 0 Å². The predicted octanol–water partition coefficient (Wildman–Crippen LogP) is 0.704. The van der Waals surface area contributed by atoms with E-state index < -0.39 is 0 Å². The molecule has 0 aromatic carbocycles. The molecule has 3 heteroatoms. The second-order valence-electron chi connectivity index (χ2n) is 5.67. The summed E-state index contributed by atoms with van der Waals surface area (Å²) < 4.78 is 0. The Bertz CT molecular complexity index is 241. The molecule has 0 aromatic rings. The first-order chi connectivity index (χ1) is 8.29. The van der Waals surface area contributed by atoms with Gasteiger partial charge in [0, 0.05) is 6.42 Å². The topological polar surface area (TPSA) is 24.8 Å². The molecule has 0 spiro atoms. The third kappa shape index (κ3) is 3.70. The lowest BCUT2D eigenvalue weighted by Gasteiger charge is -2.31. The number of rotatable bonds is 4. The number of piperazine rings is 1. The van der Waals surface area contributed by atoms with E-state index >= 15 is 0 Å². The highest BCUT2D eigenvalue weighted by Gasteiger charge is 2.23. The highest BCUT2D eigenvalue weighted by molar-refractivity contribution is 5.76. The predicted molar refractivity (Wildman–Crippen MR) is 69.0 cm³/mol. The molecule has 0 aromatic heterocycles. The van der Waals surface area contributed by atoms with Crippen molar-refractivity contribution in [2.75, 3.05) is 32.7 Å². The maximum absolute atomic E-state index is 12.1. The molecule has 2 rings (SSSR count). The van der Waals surface area contributed by atoms with Gasteiger partial charge in [0.25, 0.3) is 0 Å². The van der Waals surface area contributed by atoms with Crippen LogP contribution in [0.5, 0.6) is 0 Å². The highest BCUT2D eigenvalue weighted by atomic mass is 16.2. The van der Waals surface area contributed by atoms with Gasteiger partial charge in [0.15, 0.2) is 0 Å². The van der Waals surface area contributed by atoms with Crippen molar-refractivity contribution < 1.29 is 9.69 Å². The summed E-state index contributed by atoms with van der Waals surface area (Å²) in [6, 6.07) is 0. The van der Waals surface area contributed by atoms with Gasteiger partial charge in [0.1, 0.15) is 0 Å². The smallest absolute Gasteiger partial charge is 0.222 e. The molecule has 98 valence electrons. The molecule has 0 unspecified atom stereocenters. The average Bonchev–Trinajstić information content (AvgIpc) is 2.89. The lowest BCUT2D eigenvalue weighted by molar-refractivity contribution is -0.902. The summed E-state index contributed by atoms with van der Waals surface area (Å²) in [5, 5.41) is 0. The van der Waals surface area contributed by atoms with Crippen LogP contribution in [0, 0.1) is 5.92 Å². The number of likely N-dealkylation sites (N-methyl/N-ethyl adjacent to an activating group) is 1. The molecular formula is C14H27N2O+. The largest absolute Gasteiger partial charge is 0.332 e. The van der Waals surface area contributed by atoms with E-state index in [2.05, 4.69) is 11.8 Å². The maximum atomic E-state index is 12.1. The van der Waals surface area contributed by atoms with Crippen LogP contribution in [0.15, 0.2) is 0 Å². The minimum Gasteiger partial charge on any atom is -0.332 e. The Kier molecular flexibility index (Phi) is 4.84. The quantitative estimate of drug-likeness (QED) is 0.767. The van der Waals surface area contributed by atoms with Crippen LogP contribution in [0.2, 0.25) is 0 Å². The normalized spacial score (nSPS) is 23.2. The number of nitrogens with one attached hydrogen (secondary N) is 1. The molecule has 0 radical (unpaired) electrons. The van der Waals surface area contributed by atoms with E-state index in [-0.39, 0.29) is 0 Å². The first kappa shape index (κ1) is 12.9. The third-order valence-corrected chi connectivity index (χ3v) is 4.56. The summed E-state index contributed by atoms with van der Waals surface area (Å²) in [5.41, 5.74) is 0. The summed E-state index contributed by atoms with van der Waals surface area (Å²) in [4.78, 5) is 15.8. The van der Waals surface area contributed by atoms with Crippen LogP contribution >= 0.6 is 0 Å². The summed E-state index contributed by atoms with van der Waals surface area (Å²) in [6.07, 6.45) is 7.43. The Morgan fingerprint density at radius 3 is 2.47 bits per heavy atom. The van der Waals surface area contributed by atoms with Gasteiger partial charge in [0.05, 0.1) is 32.7 Å². The van der Waals surface area contributed by atoms with Crippen molar-refractivity contribution in [3.63, 3.8) is 0 Å². The lowest BCUT2D eigenvalue weighted by atomic mass is 10.0. The molecule has 1 saturated heterocycles. The summed E-state index contributed by atoms with van der Waals surface area (Å²) in [6.45, 7) is 7.67. The first-order valence-corrected chi connectivity index (χ1v) is 7.41. The van der Waals surface area contributed by atoms with E-state index in [4.69, 9.17) is 0 Å². The number of quaternary nitrogens is 1. The zero-order valence-electron chi connectivity index (χ0n) is 11.2. The van der Waals surface area contributed by atoms with Crippen LogP contribution in [-0.2, 0) is 4.79 Å². The maximum Gasteiger partial charge on any atom is 0.222 e. The van der Waals surface area contributed by atoms with Crippen LogP contribution in [0.25, 0.3) is 0 Å². The van der Waals surface area contributed by atoms with Gasteiger partial charge in [-0.25, -0.2) is 0 Å². The highest BCUT2D eigenvalue weighted by Crippen LogP contribution is 2.28. The fraction of sp³-hybridized carbons (Fsp3) is 0.929. The standard InChI is InChI=1S/C14H26N2O/c1-2-15-9-11-16(12-10-15)14(17)8-7-13-5-3-4-6-13/h13H,2-12H2,1H3/p+1. The summed E-state index contributed by atoms with van der Waals surface area (Å²) in [7, 11) is 0. The van der Waals surface area contributed by atoms with E-state index in [1.165, 1.54) is 32.2 Å². The fourth-order valence-corrected chi connectivity index (χ4v) is 3.21. The molecule has 1 saturated carbocycles. The van der Waals surface area contributed by atoms with Crippen molar-refractivity contribution in [3.8, 4) is 0 Å². The van der Waals surface area contributed by atoms with E-state index in [1.807, 2.05) is 0 Å². The second-order valence-corrected chi connectivity index (χ2v) is 5.67. The summed E-state index contributed by atoms with van der Waals surface area (Å²) >= 11 is 0. The van der Waals surface area contributed by atoms with Gasteiger partial charge in [-0.2, -0.15) is 0 Å². The van der Waals surface area contributed by atoms with E-state index in [1.54, 1.807) is 4.90 Å². The Labute approximate surface area is 105 Å². The van der Waals surface area contributed by atoms with E-state index in [0.717, 1.165) is 44.9 Å². The van der Waals surface area contributed by atoms with Gasteiger partial charge in [-0.1, -0.05) is 25.7 Å². The third-order valence-electron chi connectivity index (χ3n) is 4.56. The number of hydrogen-bond donors (Lipinski definition) is 1. The molecule has 0 bridgehead atoms. The van der Waals surface area contributed by atoms with Crippen LogP contribution in [0.3, 0.4) is 0 Å². The summed E-state index contributed by atoms with van der Waals surface area (Å²) in [5.74, 6) is 1.26. The van der Waals surface area contributed by atoms with Gasteiger partial charge in [-0.15, -0.1) is 0 Å². The Morgan fingerprint density at radius 2 is 1.88 bits per heavy atom. The van der Waals surface area contributed by atoms with Gasteiger partial charge >= 0.3 is 0 Å². The average molecular weight is 239 g/mol. The van der Waals surface area contributed by atoms with Crippen LogP contribution in [0.1, 0.15) is 45.4 Å². The Balaban J connectivity index is 1.66. The minimum absolute atomic E-state index is 0.409. The van der Waals surface area contributed by atoms with Gasteiger partial charge in [0.2, 0.25) is 5.91 Å². The van der Waals surface area contributed by atoms with Crippen molar-refractivity contribution in [1.29, 1.82) is 0 Å². The van der Waals surface area contributed by atoms with Crippen molar-refractivity contribution in [3.05, 3.63) is 0 Å². The lowest BCUT2D eigenvalue weighted by Crippen LogP contribution is -3.14. The van der Waals surface area contributed by atoms with Crippen LogP contribution < -0.4 is 4.90 Å². The van der Waals surface area contributed by atoms with Crippen molar-refractivity contribution >= 4 is 5.91 Å². The zero-order valence-corrected chi connectivity index (χ0v) is 11.2. The second kappa shape index (κ2) is 6.39. The molecule has 2 fully saturated rings. The fourth-order valence-electron chi connectivity index (χ4n) is 3.21. The number of amides is 1. The zero-order chi connectivity index (χ0) is 12.1. The van der Waals surface area contributed by atoms with Crippen molar-refractivity contribution in [1.82, 2.24) is 4.90 Å². The van der Waals surface area contributed by atoms with Gasteiger partial charge in [-0.3, -0.25) is 4.79 Å². The number of nitrogens with zero attached hydrogens (tertiary/aromatic N) is 1. The molecule has 1 heterocycles. The molecule has 2 aliphatic rings. The van der Waals surface area contributed by atoms with Gasteiger partial charge in [-0.05, 0) is 19.3 Å². The Hall–Kier alpha value is -0.570. The minimum atomic E-state index is 0.409. The molecule has 1 aliphatic heterocycles. The molecule has 1 N–H and O–H groups in total. The molecule has 3 nitrogen and oxygen atoms in total. The van der Waals surface area contributed by atoms with E-state index in [9.17, 15) is 4.79 Å². The number of carbonyl (C=O) groups is 1. The molecule has 0 atom stereocenters. The molecule has 1 aliphatic carbocycles. The first-order valence-electron chi connectivity index (χ1n) is 7.41. The molecule has 1 amide bonds. The van der Waals surface area contributed by atoms with Crippen LogP contribution in [-0.4, -0.2) is 43.5 Å². The number of hydrogen-bond acceptors (Lipinski definition) is 1. The van der Waals surface area contributed by atoms with Crippen molar-refractivity contribution in [2.45, 2.75) is 45.4 Å². The SMILES string of the molecule is CC[NH+]1CCN(C(=O)CCC2CCCC2)CC1. The van der Waals surface area contributed by atoms with Gasteiger partial charge < -0.3 is 9.80 Å².